The second kappa shape index (κ2) is 6.51. The van der Waals surface area contributed by atoms with Gasteiger partial charge in [0.05, 0.1) is 4.92 Å². The van der Waals surface area contributed by atoms with Gasteiger partial charge in [0.15, 0.2) is 4.90 Å². The third-order valence-corrected chi connectivity index (χ3v) is 5.64. The van der Waals surface area contributed by atoms with Crippen LogP contribution >= 0.6 is 11.8 Å². The van der Waals surface area contributed by atoms with Crippen LogP contribution in [0.1, 0.15) is 6.92 Å². The van der Waals surface area contributed by atoms with Crippen molar-refractivity contribution in [2.24, 2.45) is 0 Å². The Hall–Kier alpha value is -1.19. The molecule has 0 heterocycles. The number of hydrogen-bond donors (Lipinski definition) is 0. The minimum absolute atomic E-state index is 0.363. The predicted octanol–water partition coefficient (Wildman–Crippen LogP) is 2.11. The van der Waals surface area contributed by atoms with E-state index in [9.17, 15) is 22.9 Å². The first kappa shape index (κ1) is 16.9. The van der Waals surface area contributed by atoms with E-state index in [1.165, 1.54) is 18.8 Å². The van der Waals surface area contributed by atoms with Crippen LogP contribution in [0.25, 0.3) is 0 Å². The summed E-state index contributed by atoms with van der Waals surface area (Å²) in [5.74, 6) is -0.638. The molecule has 112 valence electrons. The average molecular weight is 322 g/mol. The van der Waals surface area contributed by atoms with Crippen molar-refractivity contribution in [2.75, 3.05) is 19.1 Å². The van der Waals surface area contributed by atoms with Crippen LogP contribution < -0.4 is 0 Å². The maximum Gasteiger partial charge on any atom is 0.324 e. The van der Waals surface area contributed by atoms with E-state index in [4.69, 9.17) is 0 Å². The minimum atomic E-state index is -4.12. The fourth-order valence-corrected chi connectivity index (χ4v) is 3.94. The molecule has 0 saturated carbocycles. The summed E-state index contributed by atoms with van der Waals surface area (Å²) in [6.45, 7) is 1.68. The maximum atomic E-state index is 13.5. The summed E-state index contributed by atoms with van der Waals surface area (Å²) in [5, 5.41) is 10.9. The number of thioether (sulfide) groups is 1. The van der Waals surface area contributed by atoms with Gasteiger partial charge in [-0.2, -0.15) is 20.5 Å². The first-order valence-corrected chi connectivity index (χ1v) is 8.46. The predicted molar refractivity (Wildman–Crippen MR) is 75.8 cm³/mol. The van der Waals surface area contributed by atoms with Crippen LogP contribution in [0.5, 0.6) is 0 Å². The van der Waals surface area contributed by atoms with E-state index in [1.54, 1.807) is 6.92 Å². The lowest BCUT2D eigenvalue weighted by Gasteiger charge is -2.23. The lowest BCUT2D eigenvalue weighted by molar-refractivity contribution is -0.390. The van der Waals surface area contributed by atoms with Crippen molar-refractivity contribution in [3.63, 3.8) is 0 Å². The van der Waals surface area contributed by atoms with E-state index in [0.29, 0.717) is 5.75 Å². The highest BCUT2D eigenvalue weighted by Gasteiger charge is 2.34. The van der Waals surface area contributed by atoms with Gasteiger partial charge in [-0.3, -0.25) is 10.1 Å². The normalized spacial score (nSPS) is 13.4. The third-order valence-electron chi connectivity index (χ3n) is 2.82. The van der Waals surface area contributed by atoms with Gasteiger partial charge in [-0.05, 0) is 25.3 Å². The molecule has 0 spiro atoms. The van der Waals surface area contributed by atoms with Crippen molar-refractivity contribution >= 4 is 27.5 Å². The van der Waals surface area contributed by atoms with E-state index >= 15 is 0 Å². The summed E-state index contributed by atoms with van der Waals surface area (Å²) in [6.07, 6.45) is 1.82. The Balaban J connectivity index is 3.36. The molecule has 0 aromatic heterocycles. The molecule has 1 atom stereocenters. The molecule has 6 nitrogen and oxygen atoms in total. The van der Waals surface area contributed by atoms with Crippen LogP contribution in [0.3, 0.4) is 0 Å². The summed E-state index contributed by atoms with van der Waals surface area (Å²) in [7, 11) is -2.80. The van der Waals surface area contributed by atoms with Gasteiger partial charge in [0.25, 0.3) is 0 Å². The Labute approximate surface area is 121 Å². The van der Waals surface area contributed by atoms with Crippen molar-refractivity contribution in [1.29, 1.82) is 0 Å². The number of sulfonamides is 1. The molecule has 0 aliphatic heterocycles. The topological polar surface area (TPSA) is 80.5 Å². The van der Waals surface area contributed by atoms with Crippen molar-refractivity contribution in [3.8, 4) is 0 Å². The number of nitro benzene ring substituents is 1. The maximum absolute atomic E-state index is 13.5. The average Bonchev–Trinajstić information content (AvgIpc) is 2.37. The molecule has 1 unspecified atom stereocenters. The van der Waals surface area contributed by atoms with Crippen LogP contribution in [0.15, 0.2) is 23.1 Å². The summed E-state index contributed by atoms with van der Waals surface area (Å²) in [6, 6.07) is 2.68. The van der Waals surface area contributed by atoms with E-state index in [1.807, 2.05) is 6.26 Å². The first-order valence-electron chi connectivity index (χ1n) is 5.63. The Morgan fingerprint density at radius 1 is 1.50 bits per heavy atom. The van der Waals surface area contributed by atoms with Crippen LogP contribution in [-0.2, 0) is 10.0 Å². The summed E-state index contributed by atoms with van der Waals surface area (Å²) in [4.78, 5) is 9.24. The van der Waals surface area contributed by atoms with Crippen molar-refractivity contribution in [3.05, 3.63) is 34.1 Å². The van der Waals surface area contributed by atoms with Crippen LogP contribution in [0.4, 0.5) is 10.1 Å². The summed E-state index contributed by atoms with van der Waals surface area (Å²) in [5.41, 5.74) is -1.02. The van der Waals surface area contributed by atoms with Gasteiger partial charge in [-0.1, -0.05) is 6.07 Å². The molecular weight excluding hydrogens is 307 g/mol. The Bertz CT molecular complexity index is 606. The Kier molecular flexibility index (Phi) is 5.49. The number of para-hydroxylation sites is 1. The molecule has 0 saturated heterocycles. The van der Waals surface area contributed by atoms with Gasteiger partial charge in [0, 0.05) is 18.8 Å². The van der Waals surface area contributed by atoms with Crippen LogP contribution in [-0.4, -0.2) is 42.7 Å². The quantitative estimate of drug-likeness (QED) is 0.592. The van der Waals surface area contributed by atoms with Gasteiger partial charge >= 0.3 is 5.69 Å². The summed E-state index contributed by atoms with van der Waals surface area (Å²) >= 11 is 1.45. The van der Waals surface area contributed by atoms with Gasteiger partial charge in [-0.25, -0.2) is 8.42 Å². The Morgan fingerprint density at radius 2 is 2.10 bits per heavy atom. The van der Waals surface area contributed by atoms with E-state index in [2.05, 4.69) is 0 Å². The number of hydrogen-bond acceptors (Lipinski definition) is 5. The number of benzene rings is 1. The van der Waals surface area contributed by atoms with E-state index in [0.717, 1.165) is 22.5 Å². The van der Waals surface area contributed by atoms with Gasteiger partial charge in [-0.15, -0.1) is 0 Å². The fourth-order valence-electron chi connectivity index (χ4n) is 1.62. The number of nitrogens with zero attached hydrogens (tertiary/aromatic N) is 2. The number of halogens is 1. The van der Waals surface area contributed by atoms with E-state index in [-0.39, 0.29) is 6.04 Å². The second-order valence-corrected chi connectivity index (χ2v) is 7.05. The molecule has 0 aliphatic rings. The van der Waals surface area contributed by atoms with Crippen molar-refractivity contribution in [2.45, 2.75) is 17.9 Å². The largest absolute Gasteiger partial charge is 0.324 e. The molecule has 0 bridgehead atoms. The highest BCUT2D eigenvalue weighted by molar-refractivity contribution is 7.98. The molecule has 20 heavy (non-hydrogen) atoms. The lowest BCUT2D eigenvalue weighted by Crippen LogP contribution is -2.36. The first-order chi connectivity index (χ1) is 9.23. The molecule has 1 rings (SSSR count). The molecule has 0 N–H and O–H groups in total. The highest BCUT2D eigenvalue weighted by atomic mass is 32.2. The molecule has 1 aromatic carbocycles. The molecule has 0 radical (unpaired) electrons. The highest BCUT2D eigenvalue weighted by Crippen LogP contribution is 2.29. The summed E-state index contributed by atoms with van der Waals surface area (Å²) < 4.78 is 39.3. The molecular formula is C11H15FN2O4S2. The van der Waals surface area contributed by atoms with Crippen LogP contribution in [0, 0.1) is 15.9 Å². The van der Waals surface area contributed by atoms with E-state index < -0.39 is 31.3 Å². The second-order valence-electron chi connectivity index (χ2n) is 4.17. The SMILES string of the molecule is CSCC(C)N(C)S(=O)(=O)c1cccc(F)c1[N+](=O)[O-]. The monoisotopic (exact) mass is 322 g/mol. The smallest absolute Gasteiger partial charge is 0.258 e. The minimum Gasteiger partial charge on any atom is -0.258 e. The Morgan fingerprint density at radius 3 is 2.60 bits per heavy atom. The zero-order valence-corrected chi connectivity index (χ0v) is 12.9. The molecule has 1 aromatic rings. The van der Waals surface area contributed by atoms with Crippen molar-refractivity contribution < 1.29 is 17.7 Å². The third kappa shape index (κ3) is 3.28. The molecule has 9 heteroatoms. The molecule has 0 fully saturated rings. The lowest BCUT2D eigenvalue weighted by atomic mass is 10.3. The number of rotatable bonds is 6. The van der Waals surface area contributed by atoms with Gasteiger partial charge in [0.2, 0.25) is 15.8 Å². The number of nitro groups is 1. The van der Waals surface area contributed by atoms with Gasteiger partial charge < -0.3 is 0 Å². The standard InChI is InChI=1S/C11H15FN2O4S2/c1-8(7-19-3)13(2)20(17,18)10-6-4-5-9(12)11(10)14(15)16/h4-6,8H,7H2,1-3H3. The zero-order chi connectivity index (χ0) is 15.5. The molecule has 0 amide bonds. The molecule has 0 aliphatic carbocycles. The zero-order valence-electron chi connectivity index (χ0n) is 11.2. The van der Waals surface area contributed by atoms with Crippen LogP contribution in [0.2, 0.25) is 0 Å². The fraction of sp³-hybridized carbons (Fsp3) is 0.455. The van der Waals surface area contributed by atoms with Gasteiger partial charge in [0.1, 0.15) is 0 Å². The van der Waals surface area contributed by atoms with Crippen molar-refractivity contribution in [1.82, 2.24) is 4.31 Å².